The van der Waals surface area contributed by atoms with Crippen LogP contribution in [0.4, 0.5) is 0 Å². The molecule has 0 aromatic carbocycles. The van der Waals surface area contributed by atoms with Gasteiger partial charge in [-0.2, -0.15) is 9.97 Å². The molecule has 0 bridgehead atoms. The van der Waals surface area contributed by atoms with Crippen molar-refractivity contribution in [2.75, 3.05) is 41.0 Å². The van der Waals surface area contributed by atoms with Gasteiger partial charge in [-0.15, -0.1) is 0 Å². The lowest BCUT2D eigenvalue weighted by atomic mass is 10.1. The lowest BCUT2D eigenvalue weighted by Gasteiger charge is -2.21. The van der Waals surface area contributed by atoms with Gasteiger partial charge in [0.25, 0.3) is 0 Å². The van der Waals surface area contributed by atoms with Crippen LogP contribution in [0.5, 0.6) is 17.8 Å². The molecule has 1 rings (SSSR count). The first-order valence-corrected chi connectivity index (χ1v) is 7.05. The zero-order chi connectivity index (χ0) is 15.8. The second kappa shape index (κ2) is 8.63. The lowest BCUT2D eigenvalue weighted by molar-refractivity contribution is 0.136. The van der Waals surface area contributed by atoms with Crippen LogP contribution in [0.25, 0.3) is 0 Å². The van der Waals surface area contributed by atoms with Crippen molar-refractivity contribution in [1.82, 2.24) is 14.9 Å². The summed E-state index contributed by atoms with van der Waals surface area (Å²) in [7, 11) is 4.44. The van der Waals surface area contributed by atoms with Gasteiger partial charge in [-0.05, 0) is 19.5 Å². The van der Waals surface area contributed by atoms with Crippen molar-refractivity contribution in [1.29, 1.82) is 0 Å². The van der Waals surface area contributed by atoms with Gasteiger partial charge < -0.3 is 24.2 Å². The van der Waals surface area contributed by atoms with Crippen LogP contribution in [0.2, 0.25) is 0 Å². The van der Waals surface area contributed by atoms with E-state index in [1.165, 1.54) is 21.3 Å². The van der Waals surface area contributed by atoms with Gasteiger partial charge in [-0.3, -0.25) is 0 Å². The van der Waals surface area contributed by atoms with E-state index in [-0.39, 0.29) is 17.8 Å². The van der Waals surface area contributed by atoms with E-state index < -0.39 is 6.10 Å². The number of hydrogen-bond acceptors (Lipinski definition) is 7. The summed E-state index contributed by atoms with van der Waals surface area (Å²) in [5.41, 5.74) is 0.452. The van der Waals surface area contributed by atoms with E-state index >= 15 is 0 Å². The summed E-state index contributed by atoms with van der Waals surface area (Å²) in [4.78, 5) is 10.4. The number of nitrogens with zero attached hydrogens (tertiary/aromatic N) is 3. The molecule has 0 radical (unpaired) electrons. The van der Waals surface area contributed by atoms with Gasteiger partial charge in [-0.25, -0.2) is 0 Å². The Morgan fingerprint density at radius 3 is 1.90 bits per heavy atom. The summed E-state index contributed by atoms with van der Waals surface area (Å²) < 4.78 is 15.4. The van der Waals surface area contributed by atoms with E-state index in [9.17, 15) is 5.11 Å². The predicted octanol–water partition coefficient (Wildman–Crippen LogP) is 1.27. The van der Waals surface area contributed by atoms with Crippen molar-refractivity contribution in [3.8, 4) is 17.8 Å². The van der Waals surface area contributed by atoms with E-state index in [4.69, 9.17) is 14.2 Å². The third-order valence-corrected chi connectivity index (χ3v) is 3.37. The number of aliphatic hydroxyl groups is 1. The molecular formula is C14H25N3O4. The smallest absolute Gasteiger partial charge is 0.322 e. The Labute approximate surface area is 125 Å². The summed E-state index contributed by atoms with van der Waals surface area (Å²) in [5, 5.41) is 10.4. The molecule has 0 amide bonds. The van der Waals surface area contributed by atoms with Gasteiger partial charge >= 0.3 is 6.01 Å². The predicted molar refractivity (Wildman–Crippen MR) is 79.1 cm³/mol. The van der Waals surface area contributed by atoms with Crippen LogP contribution in [0.3, 0.4) is 0 Å². The second-order valence-corrected chi connectivity index (χ2v) is 4.47. The van der Waals surface area contributed by atoms with Gasteiger partial charge in [0.1, 0.15) is 5.56 Å². The third-order valence-electron chi connectivity index (χ3n) is 3.37. The number of rotatable bonds is 9. The van der Waals surface area contributed by atoms with Crippen LogP contribution >= 0.6 is 0 Å². The Balaban J connectivity index is 2.98. The van der Waals surface area contributed by atoms with E-state index in [1.807, 2.05) is 0 Å². The lowest BCUT2D eigenvalue weighted by Crippen LogP contribution is -2.25. The molecule has 0 aliphatic heterocycles. The SMILES string of the molecule is CCN(CC)CCC(O)c1c(OC)nc(OC)nc1OC. The highest BCUT2D eigenvalue weighted by atomic mass is 16.5. The quantitative estimate of drug-likeness (QED) is 0.735. The average Bonchev–Trinajstić information content (AvgIpc) is 2.53. The van der Waals surface area contributed by atoms with Crippen molar-refractivity contribution >= 4 is 0 Å². The number of aliphatic hydroxyl groups excluding tert-OH is 1. The summed E-state index contributed by atoms with van der Waals surface area (Å²) in [6.07, 6.45) is -0.217. The molecule has 21 heavy (non-hydrogen) atoms. The highest BCUT2D eigenvalue weighted by Gasteiger charge is 2.23. The Morgan fingerprint density at radius 1 is 1.00 bits per heavy atom. The average molecular weight is 299 g/mol. The fourth-order valence-electron chi connectivity index (χ4n) is 2.09. The normalized spacial score (nSPS) is 12.3. The monoisotopic (exact) mass is 299 g/mol. The molecule has 1 aromatic heterocycles. The zero-order valence-electron chi connectivity index (χ0n) is 13.4. The van der Waals surface area contributed by atoms with Gasteiger partial charge in [0.05, 0.1) is 27.4 Å². The van der Waals surface area contributed by atoms with Crippen molar-refractivity contribution in [2.24, 2.45) is 0 Å². The van der Waals surface area contributed by atoms with Crippen LogP contribution in [0.15, 0.2) is 0 Å². The first kappa shape index (κ1) is 17.5. The van der Waals surface area contributed by atoms with Crippen molar-refractivity contribution in [2.45, 2.75) is 26.4 Å². The first-order chi connectivity index (χ1) is 10.1. The number of hydrogen-bond donors (Lipinski definition) is 1. The minimum atomic E-state index is -0.763. The molecule has 1 heterocycles. The van der Waals surface area contributed by atoms with Crippen LogP contribution in [0.1, 0.15) is 31.9 Å². The number of aromatic nitrogens is 2. The molecule has 120 valence electrons. The number of ether oxygens (including phenoxy) is 3. The summed E-state index contributed by atoms with van der Waals surface area (Å²) in [6.45, 7) is 6.83. The highest BCUT2D eigenvalue weighted by molar-refractivity contribution is 5.38. The largest absolute Gasteiger partial charge is 0.480 e. The van der Waals surface area contributed by atoms with Crippen LogP contribution in [-0.2, 0) is 0 Å². The molecule has 0 fully saturated rings. The first-order valence-electron chi connectivity index (χ1n) is 7.05. The Kier molecular flexibility index (Phi) is 7.18. The Hall–Kier alpha value is -1.60. The molecule has 0 saturated heterocycles. The van der Waals surface area contributed by atoms with E-state index in [2.05, 4.69) is 28.7 Å². The number of methoxy groups -OCH3 is 3. The fraction of sp³-hybridized carbons (Fsp3) is 0.714. The van der Waals surface area contributed by atoms with Crippen molar-refractivity contribution in [3.05, 3.63) is 5.56 Å². The molecule has 0 saturated carbocycles. The molecule has 0 spiro atoms. The van der Waals surface area contributed by atoms with Gasteiger partial charge in [0.15, 0.2) is 0 Å². The molecule has 1 N–H and O–H groups in total. The summed E-state index contributed by atoms with van der Waals surface area (Å²) >= 11 is 0. The molecular weight excluding hydrogens is 274 g/mol. The standard InChI is InChI=1S/C14H25N3O4/c1-6-17(7-2)9-8-10(18)11-12(19-3)15-14(21-5)16-13(11)20-4/h10,18H,6-9H2,1-5H3. The maximum absolute atomic E-state index is 10.4. The molecule has 1 atom stereocenters. The topological polar surface area (TPSA) is 76.9 Å². The minimum Gasteiger partial charge on any atom is -0.480 e. The van der Waals surface area contributed by atoms with Gasteiger partial charge in [0.2, 0.25) is 11.8 Å². The Bertz CT molecular complexity index is 413. The second-order valence-electron chi connectivity index (χ2n) is 4.47. The van der Waals surface area contributed by atoms with E-state index in [0.29, 0.717) is 12.0 Å². The van der Waals surface area contributed by atoms with Crippen molar-refractivity contribution in [3.63, 3.8) is 0 Å². The van der Waals surface area contributed by atoms with E-state index in [1.54, 1.807) is 0 Å². The summed E-state index contributed by atoms with van der Waals surface area (Å²) in [6, 6.07) is 0.142. The van der Waals surface area contributed by atoms with Crippen LogP contribution in [-0.4, -0.2) is 60.9 Å². The molecule has 1 unspecified atom stereocenters. The molecule has 0 aliphatic carbocycles. The fourth-order valence-corrected chi connectivity index (χ4v) is 2.09. The maximum Gasteiger partial charge on any atom is 0.322 e. The minimum absolute atomic E-state index is 0.142. The van der Waals surface area contributed by atoms with Gasteiger partial charge in [0, 0.05) is 6.54 Å². The maximum atomic E-state index is 10.4. The highest BCUT2D eigenvalue weighted by Crippen LogP contribution is 2.34. The van der Waals surface area contributed by atoms with Crippen LogP contribution in [0, 0.1) is 0 Å². The van der Waals surface area contributed by atoms with Crippen LogP contribution < -0.4 is 14.2 Å². The molecule has 0 aliphatic rings. The molecule has 1 aromatic rings. The summed E-state index contributed by atoms with van der Waals surface area (Å²) in [5.74, 6) is 0.538. The molecule has 7 nitrogen and oxygen atoms in total. The molecule has 7 heteroatoms. The van der Waals surface area contributed by atoms with Crippen molar-refractivity contribution < 1.29 is 19.3 Å². The zero-order valence-corrected chi connectivity index (χ0v) is 13.4. The third kappa shape index (κ3) is 4.44. The van der Waals surface area contributed by atoms with Gasteiger partial charge in [-0.1, -0.05) is 13.8 Å². The van der Waals surface area contributed by atoms with E-state index in [0.717, 1.165) is 19.6 Å². The Morgan fingerprint density at radius 2 is 1.52 bits per heavy atom.